The van der Waals surface area contributed by atoms with Gasteiger partial charge in [0, 0.05) is 17.6 Å². The van der Waals surface area contributed by atoms with E-state index < -0.39 is 6.04 Å². The first kappa shape index (κ1) is 18.4. The molecule has 118 valence electrons. The molecular weight excluding hydrogens is 356 g/mol. The fourth-order valence-corrected chi connectivity index (χ4v) is 2.57. The van der Waals surface area contributed by atoms with Crippen LogP contribution in [0.2, 0.25) is 5.02 Å². The highest BCUT2D eigenvalue weighted by molar-refractivity contribution is 9.10. The van der Waals surface area contributed by atoms with Crippen LogP contribution in [0.5, 0.6) is 0 Å². The number of benzene rings is 1. The monoisotopic (exact) mass is 376 g/mol. The molecule has 0 fully saturated rings. The standard InChI is InChI=1S/C15H22BrClN2O2/c1-4-19(5-2)9-8-18-14(15(20)21-3)11-6-7-13(17)12(16)10-11/h6-7,10,14,18H,4-5,8-9H2,1-3H3. The Morgan fingerprint density at radius 3 is 2.62 bits per heavy atom. The molecule has 21 heavy (non-hydrogen) atoms. The highest BCUT2D eigenvalue weighted by Gasteiger charge is 2.21. The maximum Gasteiger partial charge on any atom is 0.327 e. The van der Waals surface area contributed by atoms with E-state index in [1.54, 1.807) is 6.07 Å². The minimum atomic E-state index is -0.487. The molecule has 0 aliphatic rings. The fourth-order valence-electron chi connectivity index (χ4n) is 2.05. The molecule has 0 aliphatic carbocycles. The number of ether oxygens (including phenoxy) is 1. The van der Waals surface area contributed by atoms with Gasteiger partial charge in [-0.2, -0.15) is 0 Å². The van der Waals surface area contributed by atoms with E-state index >= 15 is 0 Å². The number of likely N-dealkylation sites (N-methyl/N-ethyl adjacent to an activating group) is 1. The lowest BCUT2D eigenvalue weighted by molar-refractivity contribution is -0.143. The highest BCUT2D eigenvalue weighted by Crippen LogP contribution is 2.26. The topological polar surface area (TPSA) is 41.6 Å². The third kappa shape index (κ3) is 5.58. The van der Waals surface area contributed by atoms with E-state index in [0.717, 1.165) is 29.7 Å². The van der Waals surface area contributed by atoms with Crippen LogP contribution in [0.25, 0.3) is 0 Å². The molecule has 0 amide bonds. The van der Waals surface area contributed by atoms with Crippen molar-refractivity contribution in [1.82, 2.24) is 10.2 Å². The van der Waals surface area contributed by atoms with E-state index in [2.05, 4.69) is 40.0 Å². The summed E-state index contributed by atoms with van der Waals surface area (Å²) in [5.41, 5.74) is 0.831. The third-order valence-corrected chi connectivity index (χ3v) is 4.60. The largest absolute Gasteiger partial charge is 0.468 e. The van der Waals surface area contributed by atoms with Gasteiger partial charge in [0.05, 0.1) is 12.1 Å². The van der Waals surface area contributed by atoms with Crippen LogP contribution >= 0.6 is 27.5 Å². The molecule has 0 heterocycles. The summed E-state index contributed by atoms with van der Waals surface area (Å²) in [5.74, 6) is -0.302. The van der Waals surface area contributed by atoms with Crippen LogP contribution in [0.1, 0.15) is 25.5 Å². The zero-order chi connectivity index (χ0) is 15.8. The number of hydrogen-bond donors (Lipinski definition) is 1. The van der Waals surface area contributed by atoms with E-state index in [0.29, 0.717) is 11.6 Å². The Morgan fingerprint density at radius 2 is 2.10 bits per heavy atom. The van der Waals surface area contributed by atoms with Crippen molar-refractivity contribution in [3.8, 4) is 0 Å². The molecule has 0 aromatic heterocycles. The van der Waals surface area contributed by atoms with Crippen LogP contribution in [-0.4, -0.2) is 44.2 Å². The second kappa shape index (κ2) is 9.41. The van der Waals surface area contributed by atoms with E-state index in [4.69, 9.17) is 16.3 Å². The Morgan fingerprint density at radius 1 is 1.43 bits per heavy atom. The number of nitrogens with zero attached hydrogens (tertiary/aromatic N) is 1. The van der Waals surface area contributed by atoms with Crippen molar-refractivity contribution in [3.63, 3.8) is 0 Å². The lowest BCUT2D eigenvalue weighted by Gasteiger charge is -2.21. The quantitative estimate of drug-likeness (QED) is 0.706. The Hall–Kier alpha value is -0.620. The van der Waals surface area contributed by atoms with Gasteiger partial charge in [0.1, 0.15) is 6.04 Å². The number of halogens is 2. The van der Waals surface area contributed by atoms with Crippen LogP contribution in [0, 0.1) is 0 Å². The second-order valence-corrected chi connectivity index (χ2v) is 5.87. The first-order valence-corrected chi connectivity index (χ1v) is 8.19. The van der Waals surface area contributed by atoms with Crippen molar-refractivity contribution < 1.29 is 9.53 Å². The minimum absolute atomic E-state index is 0.302. The van der Waals surface area contributed by atoms with Crippen molar-refractivity contribution in [2.45, 2.75) is 19.9 Å². The molecular formula is C15H22BrClN2O2. The summed E-state index contributed by atoms with van der Waals surface area (Å²) in [5, 5.41) is 3.87. The van der Waals surface area contributed by atoms with E-state index in [1.807, 2.05) is 12.1 Å². The molecule has 0 spiro atoms. The van der Waals surface area contributed by atoms with Crippen LogP contribution in [0.3, 0.4) is 0 Å². The lowest BCUT2D eigenvalue weighted by Crippen LogP contribution is -2.36. The van der Waals surface area contributed by atoms with Crippen molar-refractivity contribution >= 4 is 33.5 Å². The smallest absolute Gasteiger partial charge is 0.327 e. The van der Waals surface area contributed by atoms with Gasteiger partial charge >= 0.3 is 5.97 Å². The molecule has 1 rings (SSSR count). The van der Waals surface area contributed by atoms with E-state index in [1.165, 1.54) is 7.11 Å². The molecule has 0 bridgehead atoms. The van der Waals surface area contributed by atoms with E-state index in [-0.39, 0.29) is 5.97 Å². The molecule has 4 nitrogen and oxygen atoms in total. The number of hydrogen-bond acceptors (Lipinski definition) is 4. The molecule has 0 aliphatic heterocycles. The number of carbonyl (C=O) groups is 1. The first-order chi connectivity index (χ1) is 10.0. The first-order valence-electron chi connectivity index (χ1n) is 7.01. The molecule has 0 saturated heterocycles. The van der Waals surface area contributed by atoms with Gasteiger partial charge in [-0.3, -0.25) is 5.32 Å². The normalized spacial score (nSPS) is 12.5. The van der Waals surface area contributed by atoms with Gasteiger partial charge in [-0.25, -0.2) is 4.79 Å². The maximum atomic E-state index is 12.0. The van der Waals surface area contributed by atoms with Gasteiger partial charge in [0.2, 0.25) is 0 Å². The Balaban J connectivity index is 2.76. The second-order valence-electron chi connectivity index (χ2n) is 4.61. The number of rotatable bonds is 8. The van der Waals surface area contributed by atoms with Crippen LogP contribution in [-0.2, 0) is 9.53 Å². The molecule has 1 N–H and O–H groups in total. The highest BCUT2D eigenvalue weighted by atomic mass is 79.9. The number of esters is 1. The third-order valence-electron chi connectivity index (χ3n) is 3.38. The van der Waals surface area contributed by atoms with E-state index in [9.17, 15) is 4.79 Å². The van der Waals surface area contributed by atoms with Gasteiger partial charge in [-0.1, -0.05) is 31.5 Å². The average Bonchev–Trinajstić information content (AvgIpc) is 2.50. The van der Waals surface area contributed by atoms with Crippen molar-refractivity contribution in [2.75, 3.05) is 33.3 Å². The van der Waals surface area contributed by atoms with Crippen molar-refractivity contribution in [1.29, 1.82) is 0 Å². The number of methoxy groups -OCH3 is 1. The van der Waals surface area contributed by atoms with Crippen LogP contribution < -0.4 is 5.32 Å². The molecule has 1 unspecified atom stereocenters. The summed E-state index contributed by atoms with van der Waals surface area (Å²) in [6, 6.07) is 4.95. The lowest BCUT2D eigenvalue weighted by atomic mass is 10.1. The van der Waals surface area contributed by atoms with Gasteiger partial charge in [-0.15, -0.1) is 0 Å². The Kier molecular flexibility index (Phi) is 8.26. The molecule has 1 aromatic rings. The summed E-state index contributed by atoms with van der Waals surface area (Å²) in [6.45, 7) is 7.83. The molecule has 1 aromatic carbocycles. The average molecular weight is 378 g/mol. The maximum absolute atomic E-state index is 12.0. The summed E-state index contributed by atoms with van der Waals surface area (Å²) >= 11 is 9.37. The molecule has 6 heteroatoms. The van der Waals surface area contributed by atoms with Gasteiger partial charge in [0.25, 0.3) is 0 Å². The minimum Gasteiger partial charge on any atom is -0.468 e. The van der Waals surface area contributed by atoms with Gasteiger partial charge in [-0.05, 0) is 46.7 Å². The predicted molar refractivity (Wildman–Crippen MR) is 89.7 cm³/mol. The zero-order valence-electron chi connectivity index (χ0n) is 12.7. The van der Waals surface area contributed by atoms with Gasteiger partial charge in [0.15, 0.2) is 0 Å². The van der Waals surface area contributed by atoms with Gasteiger partial charge < -0.3 is 9.64 Å². The molecule has 0 radical (unpaired) electrons. The summed E-state index contributed by atoms with van der Waals surface area (Å²) in [4.78, 5) is 14.3. The Labute approximate surface area is 139 Å². The van der Waals surface area contributed by atoms with Crippen LogP contribution in [0.15, 0.2) is 22.7 Å². The molecule has 0 saturated carbocycles. The zero-order valence-corrected chi connectivity index (χ0v) is 15.0. The van der Waals surface area contributed by atoms with Crippen molar-refractivity contribution in [3.05, 3.63) is 33.3 Å². The predicted octanol–water partition coefficient (Wildman–Crippen LogP) is 3.25. The SMILES string of the molecule is CCN(CC)CCNC(C(=O)OC)c1ccc(Cl)c(Br)c1. The van der Waals surface area contributed by atoms with Crippen LogP contribution in [0.4, 0.5) is 0 Å². The summed E-state index contributed by atoms with van der Waals surface area (Å²) in [6.07, 6.45) is 0. The molecule has 1 atom stereocenters. The fraction of sp³-hybridized carbons (Fsp3) is 0.533. The Bertz CT molecular complexity index is 467. The van der Waals surface area contributed by atoms with Crippen molar-refractivity contribution in [2.24, 2.45) is 0 Å². The number of carbonyl (C=O) groups excluding carboxylic acids is 1. The number of nitrogens with one attached hydrogen (secondary N) is 1. The summed E-state index contributed by atoms with van der Waals surface area (Å²) in [7, 11) is 1.40. The summed E-state index contributed by atoms with van der Waals surface area (Å²) < 4.78 is 5.65.